The summed E-state index contributed by atoms with van der Waals surface area (Å²) >= 11 is 1.44. The van der Waals surface area contributed by atoms with E-state index in [0.29, 0.717) is 18.0 Å². The number of carbonyl (C=O) groups excluding carboxylic acids is 2. The first kappa shape index (κ1) is 22.5. The normalized spacial score (nSPS) is 11.6. The Balaban J connectivity index is 1.56. The minimum absolute atomic E-state index is 0.00385. The molecule has 162 valence electrons. The van der Waals surface area contributed by atoms with Crippen molar-refractivity contribution in [2.24, 2.45) is 0 Å². The number of anilines is 1. The van der Waals surface area contributed by atoms with Crippen LogP contribution in [0.4, 0.5) is 5.69 Å². The summed E-state index contributed by atoms with van der Waals surface area (Å²) in [5.74, 6) is -0.119. The molecule has 0 saturated heterocycles. The molecule has 1 N–H and O–H groups in total. The molecule has 3 rings (SSSR count). The van der Waals surface area contributed by atoms with Crippen LogP contribution in [0.1, 0.15) is 32.0 Å². The third-order valence-corrected chi connectivity index (χ3v) is 5.53. The van der Waals surface area contributed by atoms with Crippen LogP contribution in [-0.2, 0) is 27.2 Å². The average Bonchev–Trinajstić information content (AvgIpc) is 3.23. The van der Waals surface area contributed by atoms with E-state index in [2.05, 4.69) is 17.2 Å². The van der Waals surface area contributed by atoms with Crippen LogP contribution in [0.5, 0.6) is 5.75 Å². The molecule has 0 saturated carbocycles. The van der Waals surface area contributed by atoms with Crippen molar-refractivity contribution in [3.8, 4) is 16.3 Å². The summed E-state index contributed by atoms with van der Waals surface area (Å²) < 4.78 is 11.0. The van der Waals surface area contributed by atoms with Gasteiger partial charge in [-0.15, -0.1) is 11.3 Å². The fourth-order valence-electron chi connectivity index (χ4n) is 2.94. The monoisotopic (exact) mass is 438 g/mol. The van der Waals surface area contributed by atoms with Crippen LogP contribution in [0.3, 0.4) is 0 Å². The molecule has 7 heteroatoms. The number of hydrogen-bond acceptors (Lipinski definition) is 6. The summed E-state index contributed by atoms with van der Waals surface area (Å²) in [7, 11) is 0. The predicted molar refractivity (Wildman–Crippen MR) is 122 cm³/mol. The number of benzene rings is 2. The largest absolute Gasteiger partial charge is 0.493 e. The van der Waals surface area contributed by atoms with Crippen molar-refractivity contribution >= 4 is 28.9 Å². The molecule has 0 fully saturated rings. The lowest BCUT2D eigenvalue weighted by atomic mass is 10.1. The van der Waals surface area contributed by atoms with Crippen molar-refractivity contribution in [2.75, 3.05) is 11.9 Å². The van der Waals surface area contributed by atoms with Gasteiger partial charge in [-0.2, -0.15) is 0 Å². The van der Waals surface area contributed by atoms with E-state index in [1.165, 1.54) is 16.9 Å². The molecule has 0 bridgehead atoms. The number of ether oxygens (including phenoxy) is 2. The number of aromatic nitrogens is 1. The molecular weight excluding hydrogens is 412 g/mol. The molecule has 1 unspecified atom stereocenters. The van der Waals surface area contributed by atoms with Crippen molar-refractivity contribution < 1.29 is 19.1 Å². The first-order chi connectivity index (χ1) is 15.0. The quantitative estimate of drug-likeness (QED) is 0.482. The Hall–Kier alpha value is -3.19. The summed E-state index contributed by atoms with van der Waals surface area (Å²) in [6.45, 7) is 6.11. The van der Waals surface area contributed by atoms with Gasteiger partial charge in [0.25, 0.3) is 5.91 Å². The third kappa shape index (κ3) is 6.15. The van der Waals surface area contributed by atoms with Crippen molar-refractivity contribution in [2.45, 2.75) is 39.7 Å². The van der Waals surface area contributed by atoms with E-state index < -0.39 is 12.1 Å². The first-order valence-corrected chi connectivity index (χ1v) is 11.1. The van der Waals surface area contributed by atoms with Gasteiger partial charge in [0.05, 0.1) is 24.3 Å². The number of nitrogens with zero attached hydrogens (tertiary/aromatic N) is 1. The van der Waals surface area contributed by atoms with E-state index in [1.807, 2.05) is 60.8 Å². The van der Waals surface area contributed by atoms with Gasteiger partial charge in [0.15, 0.2) is 6.10 Å². The Labute approximate surface area is 186 Å². The second-order valence-corrected chi connectivity index (χ2v) is 7.78. The van der Waals surface area contributed by atoms with Gasteiger partial charge < -0.3 is 14.8 Å². The number of carbonyl (C=O) groups is 2. The van der Waals surface area contributed by atoms with E-state index >= 15 is 0 Å². The predicted octanol–water partition coefficient (Wildman–Crippen LogP) is 4.88. The second-order valence-electron chi connectivity index (χ2n) is 6.92. The highest BCUT2D eigenvalue weighted by Gasteiger charge is 2.19. The zero-order chi connectivity index (χ0) is 22.2. The minimum Gasteiger partial charge on any atom is -0.493 e. The zero-order valence-corrected chi connectivity index (χ0v) is 18.7. The first-order valence-electron chi connectivity index (χ1n) is 10.3. The maximum Gasteiger partial charge on any atom is 0.312 e. The molecule has 1 amide bonds. The molecule has 0 radical (unpaired) electrons. The van der Waals surface area contributed by atoms with Crippen LogP contribution in [0, 0.1) is 0 Å². The van der Waals surface area contributed by atoms with Crippen LogP contribution in [-0.4, -0.2) is 29.6 Å². The molecule has 3 aromatic rings. The van der Waals surface area contributed by atoms with Crippen LogP contribution < -0.4 is 10.1 Å². The Morgan fingerprint density at radius 2 is 1.84 bits per heavy atom. The molecule has 2 aromatic carbocycles. The number of nitrogens with one attached hydrogen (secondary N) is 1. The van der Waals surface area contributed by atoms with Crippen molar-refractivity contribution in [1.29, 1.82) is 0 Å². The molecular formula is C24H26N2O4S. The highest BCUT2D eigenvalue weighted by atomic mass is 32.1. The van der Waals surface area contributed by atoms with Gasteiger partial charge in [-0.3, -0.25) is 9.59 Å². The number of thiazole rings is 1. The van der Waals surface area contributed by atoms with Gasteiger partial charge in [-0.05, 0) is 50.1 Å². The third-order valence-electron chi connectivity index (χ3n) is 4.60. The summed E-state index contributed by atoms with van der Waals surface area (Å²) in [6.07, 6.45) is 0.0172. The van der Waals surface area contributed by atoms with Gasteiger partial charge >= 0.3 is 5.97 Å². The number of hydrogen-bond donors (Lipinski definition) is 1. The topological polar surface area (TPSA) is 77.5 Å². The molecule has 1 atom stereocenters. The Bertz CT molecular complexity index is 1030. The van der Waals surface area contributed by atoms with Gasteiger partial charge in [0, 0.05) is 11.1 Å². The smallest absolute Gasteiger partial charge is 0.312 e. The van der Waals surface area contributed by atoms with E-state index in [-0.39, 0.29) is 12.3 Å². The standard InChI is InChI=1S/C24H26N2O4S/c1-4-17-10-12-18(13-11-17)25-23(28)16(3)30-22(27)14-19-15-31-24(26-19)20-8-6-7-9-21(20)29-5-2/h6-13,15-16H,4-5,14H2,1-3H3,(H,25,28). The summed E-state index contributed by atoms with van der Waals surface area (Å²) in [5.41, 5.74) is 3.33. The Morgan fingerprint density at radius 3 is 2.55 bits per heavy atom. The van der Waals surface area contributed by atoms with E-state index in [1.54, 1.807) is 6.92 Å². The van der Waals surface area contributed by atoms with E-state index in [0.717, 1.165) is 22.7 Å². The Morgan fingerprint density at radius 1 is 1.10 bits per heavy atom. The van der Waals surface area contributed by atoms with Crippen LogP contribution >= 0.6 is 11.3 Å². The lowest BCUT2D eigenvalue weighted by Gasteiger charge is -2.13. The lowest BCUT2D eigenvalue weighted by molar-refractivity contribution is -0.152. The lowest BCUT2D eigenvalue weighted by Crippen LogP contribution is -2.30. The molecule has 0 aliphatic heterocycles. The maximum absolute atomic E-state index is 12.3. The summed E-state index contributed by atoms with van der Waals surface area (Å²) in [5, 5.41) is 5.35. The second kappa shape index (κ2) is 10.7. The Kier molecular flexibility index (Phi) is 7.78. The fraction of sp³-hybridized carbons (Fsp3) is 0.292. The van der Waals surface area contributed by atoms with Gasteiger partial charge in [-0.1, -0.05) is 31.2 Å². The average molecular weight is 439 g/mol. The minimum atomic E-state index is -0.907. The number of para-hydroxylation sites is 1. The summed E-state index contributed by atoms with van der Waals surface area (Å²) in [6, 6.07) is 15.2. The van der Waals surface area contributed by atoms with Crippen molar-refractivity contribution in [3.05, 3.63) is 65.2 Å². The van der Waals surface area contributed by atoms with Crippen LogP contribution in [0.25, 0.3) is 10.6 Å². The number of amides is 1. The highest BCUT2D eigenvalue weighted by Crippen LogP contribution is 2.32. The SMILES string of the molecule is CCOc1ccccc1-c1nc(CC(=O)OC(C)C(=O)Nc2ccc(CC)cc2)cs1. The molecule has 31 heavy (non-hydrogen) atoms. The number of esters is 1. The zero-order valence-electron chi connectivity index (χ0n) is 17.9. The molecule has 0 aliphatic rings. The van der Waals surface area contributed by atoms with Gasteiger partial charge in [0.1, 0.15) is 10.8 Å². The van der Waals surface area contributed by atoms with Crippen LogP contribution in [0.15, 0.2) is 53.9 Å². The molecule has 1 aromatic heterocycles. The molecule has 0 aliphatic carbocycles. The van der Waals surface area contributed by atoms with Crippen molar-refractivity contribution in [1.82, 2.24) is 4.98 Å². The number of rotatable bonds is 9. The van der Waals surface area contributed by atoms with E-state index in [4.69, 9.17) is 9.47 Å². The highest BCUT2D eigenvalue weighted by molar-refractivity contribution is 7.13. The van der Waals surface area contributed by atoms with Crippen molar-refractivity contribution in [3.63, 3.8) is 0 Å². The van der Waals surface area contributed by atoms with E-state index in [9.17, 15) is 9.59 Å². The maximum atomic E-state index is 12.3. The molecule has 6 nitrogen and oxygen atoms in total. The number of aryl methyl sites for hydroxylation is 1. The van der Waals surface area contributed by atoms with Gasteiger partial charge in [0.2, 0.25) is 0 Å². The molecule has 1 heterocycles. The molecule has 0 spiro atoms. The fourth-order valence-corrected chi connectivity index (χ4v) is 3.79. The van der Waals surface area contributed by atoms with Crippen LogP contribution in [0.2, 0.25) is 0 Å². The van der Waals surface area contributed by atoms with Gasteiger partial charge in [-0.25, -0.2) is 4.98 Å². The summed E-state index contributed by atoms with van der Waals surface area (Å²) in [4.78, 5) is 29.2.